The summed E-state index contributed by atoms with van der Waals surface area (Å²) in [7, 11) is 0. The zero-order valence-corrected chi connectivity index (χ0v) is 30.1. The van der Waals surface area contributed by atoms with Crippen LogP contribution in [0.3, 0.4) is 0 Å². The highest BCUT2D eigenvalue weighted by Crippen LogP contribution is 2.44. The fraction of sp³-hybridized carbons (Fsp3) is 0.486. The Morgan fingerprint density at radius 1 is 0.808 bits per heavy atom. The summed E-state index contributed by atoms with van der Waals surface area (Å²) in [5.74, 6) is -4.39. The van der Waals surface area contributed by atoms with Crippen molar-refractivity contribution in [1.82, 2.24) is 26.3 Å². The first-order valence-electron chi connectivity index (χ1n) is 17.4. The van der Waals surface area contributed by atoms with Crippen LogP contribution in [0.15, 0.2) is 48.5 Å². The molecule has 15 nitrogen and oxygen atoms in total. The van der Waals surface area contributed by atoms with E-state index >= 15 is 0 Å². The number of rotatable bonds is 15. The van der Waals surface area contributed by atoms with Crippen molar-refractivity contribution in [2.24, 2.45) is 5.92 Å². The number of carbonyl (C=O) groups excluding carboxylic acids is 7. The first-order chi connectivity index (χ1) is 24.6. The van der Waals surface area contributed by atoms with Crippen molar-refractivity contribution in [3.63, 3.8) is 0 Å². The normalized spacial score (nSPS) is 14.9. The van der Waals surface area contributed by atoms with Gasteiger partial charge in [0.15, 0.2) is 0 Å². The molecule has 0 aromatic heterocycles. The zero-order chi connectivity index (χ0) is 38.0. The fourth-order valence-corrected chi connectivity index (χ4v) is 5.88. The number of nitrogens with one attached hydrogen (secondary N) is 4. The van der Waals surface area contributed by atoms with Gasteiger partial charge in [0.05, 0.1) is 0 Å². The van der Waals surface area contributed by atoms with E-state index in [1.165, 1.54) is 0 Å². The van der Waals surface area contributed by atoms with Gasteiger partial charge in [-0.25, -0.2) is 14.4 Å². The first-order valence-corrected chi connectivity index (χ1v) is 17.4. The van der Waals surface area contributed by atoms with Crippen LogP contribution in [0.2, 0.25) is 0 Å². The number of unbranched alkanes of at least 4 members (excludes halogenated alkanes) is 1. The van der Waals surface area contributed by atoms with E-state index in [1.807, 2.05) is 48.5 Å². The van der Waals surface area contributed by atoms with E-state index in [2.05, 4.69) is 21.3 Å². The molecule has 4 rings (SSSR count). The van der Waals surface area contributed by atoms with Crippen molar-refractivity contribution in [2.45, 2.75) is 90.3 Å². The monoisotopic (exact) mass is 721 g/mol. The molecule has 2 aromatic rings. The summed E-state index contributed by atoms with van der Waals surface area (Å²) >= 11 is 0. The smallest absolute Gasteiger partial charge is 0.407 e. The molecule has 2 atom stereocenters. The summed E-state index contributed by atoms with van der Waals surface area (Å²) in [5.41, 5.74) is 3.54. The van der Waals surface area contributed by atoms with Crippen molar-refractivity contribution in [1.29, 1.82) is 0 Å². The van der Waals surface area contributed by atoms with Crippen LogP contribution in [-0.4, -0.2) is 84.2 Å². The fourth-order valence-electron chi connectivity index (χ4n) is 5.88. The molecule has 280 valence electrons. The van der Waals surface area contributed by atoms with Crippen molar-refractivity contribution in [2.75, 3.05) is 19.7 Å². The molecule has 1 heterocycles. The average molecular weight is 722 g/mol. The van der Waals surface area contributed by atoms with Gasteiger partial charge in [-0.3, -0.25) is 19.2 Å². The van der Waals surface area contributed by atoms with Crippen LogP contribution in [-0.2, 0) is 38.3 Å². The Hall–Kier alpha value is -5.47. The minimum absolute atomic E-state index is 0.0411. The number of ether oxygens (including phenoxy) is 2. The van der Waals surface area contributed by atoms with Crippen molar-refractivity contribution >= 4 is 41.8 Å². The van der Waals surface area contributed by atoms with E-state index in [-0.39, 0.29) is 38.3 Å². The highest BCUT2D eigenvalue weighted by atomic mass is 16.7. The Morgan fingerprint density at radius 3 is 1.98 bits per heavy atom. The second-order valence-corrected chi connectivity index (χ2v) is 13.9. The molecule has 0 radical (unpaired) electrons. The number of amides is 6. The van der Waals surface area contributed by atoms with Crippen LogP contribution >= 0.6 is 0 Å². The molecule has 6 amide bonds. The molecule has 2 aromatic carbocycles. The molecule has 0 saturated carbocycles. The summed E-state index contributed by atoms with van der Waals surface area (Å²) in [4.78, 5) is 92.6. The van der Waals surface area contributed by atoms with Gasteiger partial charge in [-0.2, -0.15) is 0 Å². The Balaban J connectivity index is 1.35. The Bertz CT molecular complexity index is 1610. The molecule has 15 heteroatoms. The van der Waals surface area contributed by atoms with Crippen LogP contribution in [0.25, 0.3) is 11.1 Å². The number of hydrogen-bond acceptors (Lipinski definition) is 10. The van der Waals surface area contributed by atoms with E-state index in [4.69, 9.17) is 14.3 Å². The molecule has 52 heavy (non-hydrogen) atoms. The molecule has 0 bridgehead atoms. The Labute approximate surface area is 302 Å². The predicted octanol–water partition coefficient (Wildman–Crippen LogP) is 3.45. The SMILES string of the molecule is CC(C)[C@H](NC(=O)OCC1c2ccccc2-c2ccccc21)C(=O)N[C@@H](CCCCNC(=O)OC(C)(C)C)C(=O)NCC(=O)ON1C(=O)CCC1=O. The summed E-state index contributed by atoms with van der Waals surface area (Å²) in [6, 6.07) is 13.6. The van der Waals surface area contributed by atoms with Crippen LogP contribution in [0.4, 0.5) is 9.59 Å². The van der Waals surface area contributed by atoms with Gasteiger partial charge in [-0.1, -0.05) is 62.4 Å². The van der Waals surface area contributed by atoms with Gasteiger partial charge in [0.25, 0.3) is 11.8 Å². The van der Waals surface area contributed by atoms with Crippen molar-refractivity contribution < 1.29 is 47.9 Å². The number of imide groups is 1. The van der Waals surface area contributed by atoms with E-state index in [1.54, 1.807) is 34.6 Å². The van der Waals surface area contributed by atoms with Crippen molar-refractivity contribution in [3.8, 4) is 11.1 Å². The van der Waals surface area contributed by atoms with Crippen molar-refractivity contribution in [3.05, 3.63) is 59.7 Å². The third kappa shape index (κ3) is 10.8. The highest BCUT2D eigenvalue weighted by Gasteiger charge is 2.34. The van der Waals surface area contributed by atoms with Crippen LogP contribution in [0, 0.1) is 5.92 Å². The summed E-state index contributed by atoms with van der Waals surface area (Å²) in [5, 5.41) is 10.7. The summed E-state index contributed by atoms with van der Waals surface area (Å²) < 4.78 is 10.9. The topological polar surface area (TPSA) is 199 Å². The van der Waals surface area contributed by atoms with Gasteiger partial charge < -0.3 is 35.6 Å². The predicted molar refractivity (Wildman–Crippen MR) is 187 cm³/mol. The Morgan fingerprint density at radius 2 is 1.40 bits per heavy atom. The molecule has 0 spiro atoms. The van der Waals surface area contributed by atoms with Gasteiger partial charge in [-0.15, -0.1) is 5.06 Å². The van der Waals surface area contributed by atoms with E-state index < -0.39 is 71.9 Å². The standard InChI is InChI=1S/C37H47N5O10/c1-22(2)32(41-36(49)50-21-27-25-14-8-6-12-23(25)24-13-7-9-15-26(24)27)34(47)40-28(16-10-11-19-38-35(48)51-37(3,4)5)33(46)39-20-31(45)52-42-29(43)17-18-30(42)44/h6-9,12-15,22,27-28,32H,10-11,16-21H2,1-5H3,(H,38,48)(H,39,46)(H,40,47)(H,41,49)/t28-,32-/m0/s1. The third-order valence-electron chi connectivity index (χ3n) is 8.39. The number of carbonyl (C=O) groups is 7. The average Bonchev–Trinajstić information content (AvgIpc) is 3.58. The molecular weight excluding hydrogens is 674 g/mol. The van der Waals surface area contributed by atoms with Gasteiger partial charge in [-0.05, 0) is 68.2 Å². The molecule has 1 aliphatic heterocycles. The number of hydroxylamine groups is 2. The molecule has 1 saturated heterocycles. The number of hydrogen-bond donors (Lipinski definition) is 4. The van der Waals surface area contributed by atoms with Gasteiger partial charge in [0.2, 0.25) is 11.8 Å². The number of benzene rings is 2. The second kappa shape index (κ2) is 17.6. The minimum Gasteiger partial charge on any atom is -0.449 e. The van der Waals surface area contributed by atoms with Gasteiger partial charge in [0, 0.05) is 25.3 Å². The van der Waals surface area contributed by atoms with E-state index in [0.29, 0.717) is 17.9 Å². The van der Waals surface area contributed by atoms with Gasteiger partial charge >= 0.3 is 18.2 Å². The largest absolute Gasteiger partial charge is 0.449 e. The molecule has 2 aliphatic rings. The van der Waals surface area contributed by atoms with Crippen LogP contribution in [0.5, 0.6) is 0 Å². The lowest BCUT2D eigenvalue weighted by Gasteiger charge is -2.25. The molecule has 0 unspecified atom stereocenters. The van der Waals surface area contributed by atoms with E-state index in [0.717, 1.165) is 22.3 Å². The number of nitrogens with zero attached hydrogens (tertiary/aromatic N) is 1. The molecule has 1 aliphatic carbocycles. The first kappa shape index (κ1) is 39.3. The maximum atomic E-state index is 13.6. The maximum Gasteiger partial charge on any atom is 0.407 e. The maximum absolute atomic E-state index is 13.6. The minimum atomic E-state index is -1.16. The lowest BCUT2D eigenvalue weighted by atomic mass is 9.98. The summed E-state index contributed by atoms with van der Waals surface area (Å²) in [6.07, 6.45) is -0.692. The summed E-state index contributed by atoms with van der Waals surface area (Å²) in [6.45, 7) is 8.25. The third-order valence-corrected chi connectivity index (χ3v) is 8.39. The lowest BCUT2D eigenvalue weighted by molar-refractivity contribution is -0.196. The van der Waals surface area contributed by atoms with Gasteiger partial charge in [0.1, 0.15) is 30.8 Å². The number of alkyl carbamates (subject to hydrolysis) is 2. The highest BCUT2D eigenvalue weighted by molar-refractivity contribution is 6.01. The molecule has 4 N–H and O–H groups in total. The number of fused-ring (bicyclic) bond motifs is 3. The quantitative estimate of drug-likeness (QED) is 0.156. The molecular formula is C37H47N5O10. The second-order valence-electron chi connectivity index (χ2n) is 13.9. The lowest BCUT2D eigenvalue weighted by Crippen LogP contribution is -2.56. The zero-order valence-electron chi connectivity index (χ0n) is 30.1. The van der Waals surface area contributed by atoms with Crippen LogP contribution in [0.1, 0.15) is 83.8 Å². The van der Waals surface area contributed by atoms with Crippen LogP contribution < -0.4 is 21.3 Å². The molecule has 1 fully saturated rings. The van der Waals surface area contributed by atoms with E-state index in [9.17, 15) is 33.6 Å². The Kier molecular flexibility index (Phi) is 13.3.